The Morgan fingerprint density at radius 3 is 2.34 bits per heavy atom. The maximum absolute atomic E-state index is 13.2. The zero-order valence-electron chi connectivity index (χ0n) is 14.9. The Labute approximate surface area is 180 Å². The number of hydrogen-bond donors (Lipinski definition) is 2. The fourth-order valence-electron chi connectivity index (χ4n) is 2.93. The van der Waals surface area contributed by atoms with Crippen molar-refractivity contribution in [1.82, 2.24) is 0 Å². The van der Waals surface area contributed by atoms with Gasteiger partial charge in [-0.05, 0) is 72.8 Å². The molecule has 1 aliphatic heterocycles. The molecule has 1 amide bonds. The number of hydrogen-bond acceptors (Lipinski definition) is 4. The van der Waals surface area contributed by atoms with Gasteiger partial charge in [0, 0.05) is 20.6 Å². The maximum Gasteiger partial charge on any atom is 0.281 e. The number of hydrazone groups is 1. The van der Waals surface area contributed by atoms with Crippen LogP contribution in [0.1, 0.15) is 11.1 Å². The molecule has 0 bridgehead atoms. The monoisotopic (exact) mass is 468 g/mol. The van der Waals surface area contributed by atoms with E-state index in [4.69, 9.17) is 11.6 Å². The summed E-state index contributed by atoms with van der Waals surface area (Å²) in [6.45, 7) is 0. The summed E-state index contributed by atoms with van der Waals surface area (Å²) in [6.07, 6.45) is 1.60. The van der Waals surface area contributed by atoms with Gasteiger partial charge in [0.25, 0.3) is 5.91 Å². The number of phenolic OH excluding ortho intramolecular Hbond substituents is 2. The first-order chi connectivity index (χ1) is 13.9. The van der Waals surface area contributed by atoms with Crippen molar-refractivity contribution < 1.29 is 15.0 Å². The molecular formula is C22H14BrClN2O3. The van der Waals surface area contributed by atoms with Crippen LogP contribution in [0.3, 0.4) is 0 Å². The zero-order valence-corrected chi connectivity index (χ0v) is 17.2. The maximum atomic E-state index is 13.2. The molecule has 1 heterocycles. The van der Waals surface area contributed by atoms with Crippen molar-refractivity contribution in [1.29, 1.82) is 0 Å². The van der Waals surface area contributed by atoms with Crippen LogP contribution >= 0.6 is 27.5 Å². The van der Waals surface area contributed by atoms with Gasteiger partial charge in [0.1, 0.15) is 17.2 Å². The molecule has 0 spiro atoms. The van der Waals surface area contributed by atoms with Gasteiger partial charge in [-0.1, -0.05) is 27.5 Å². The van der Waals surface area contributed by atoms with Crippen molar-refractivity contribution in [3.05, 3.63) is 92.9 Å². The van der Waals surface area contributed by atoms with Gasteiger partial charge in [0.2, 0.25) is 0 Å². The fourth-order valence-corrected chi connectivity index (χ4v) is 3.44. The smallest absolute Gasteiger partial charge is 0.281 e. The van der Waals surface area contributed by atoms with Crippen LogP contribution in [0.15, 0.2) is 81.9 Å². The number of benzene rings is 3. The normalized spacial score (nSPS) is 15.1. The summed E-state index contributed by atoms with van der Waals surface area (Å²) in [4.78, 5) is 13.2. The molecule has 0 aromatic heterocycles. The minimum absolute atomic E-state index is 0.0449. The van der Waals surface area contributed by atoms with Gasteiger partial charge in [-0.15, -0.1) is 0 Å². The number of nitrogens with zero attached hydrogens (tertiary/aromatic N) is 2. The van der Waals surface area contributed by atoms with Crippen molar-refractivity contribution in [2.75, 3.05) is 5.01 Å². The summed E-state index contributed by atoms with van der Waals surface area (Å²) in [7, 11) is 0. The van der Waals surface area contributed by atoms with Gasteiger partial charge in [-0.25, -0.2) is 0 Å². The quantitative estimate of drug-likeness (QED) is 0.508. The highest BCUT2D eigenvalue weighted by Crippen LogP contribution is 2.31. The van der Waals surface area contributed by atoms with E-state index in [0.717, 1.165) is 4.47 Å². The summed E-state index contributed by atoms with van der Waals surface area (Å²) >= 11 is 9.33. The topological polar surface area (TPSA) is 73.1 Å². The van der Waals surface area contributed by atoms with Crippen molar-refractivity contribution in [3.8, 4) is 11.5 Å². The standard InChI is InChI=1S/C22H14BrClN2O3/c23-15-3-10-20(28)14(11-15)12-19-21(13-1-8-18(27)9-2-13)25-26(22(19)29)17-6-4-16(24)5-7-17/h1-12,27-28H/b19-12+. The summed E-state index contributed by atoms with van der Waals surface area (Å²) in [6, 6.07) is 18.2. The summed E-state index contributed by atoms with van der Waals surface area (Å²) < 4.78 is 0.769. The highest BCUT2D eigenvalue weighted by atomic mass is 79.9. The molecule has 0 saturated heterocycles. The van der Waals surface area contributed by atoms with Crippen molar-refractivity contribution >= 4 is 50.9 Å². The second kappa shape index (κ2) is 7.73. The van der Waals surface area contributed by atoms with Crippen molar-refractivity contribution in [2.24, 2.45) is 5.10 Å². The Morgan fingerprint density at radius 1 is 0.966 bits per heavy atom. The van der Waals surface area contributed by atoms with Gasteiger partial charge in [-0.3, -0.25) is 4.79 Å². The lowest BCUT2D eigenvalue weighted by Crippen LogP contribution is -2.21. The Balaban J connectivity index is 1.85. The lowest BCUT2D eigenvalue weighted by Gasteiger charge is -2.11. The van der Waals surface area contributed by atoms with Crippen LogP contribution in [0.25, 0.3) is 6.08 Å². The molecule has 0 radical (unpaired) electrons. The first-order valence-electron chi connectivity index (χ1n) is 8.61. The van der Waals surface area contributed by atoms with E-state index in [9.17, 15) is 15.0 Å². The number of phenols is 2. The number of amides is 1. The van der Waals surface area contributed by atoms with Gasteiger partial charge < -0.3 is 10.2 Å². The first-order valence-corrected chi connectivity index (χ1v) is 9.78. The van der Waals surface area contributed by atoms with E-state index in [-0.39, 0.29) is 17.4 Å². The lowest BCUT2D eigenvalue weighted by molar-refractivity contribution is -0.114. The van der Waals surface area contributed by atoms with Crippen LogP contribution in [0.2, 0.25) is 5.02 Å². The molecule has 7 heteroatoms. The van der Waals surface area contributed by atoms with Crippen LogP contribution in [0, 0.1) is 0 Å². The molecule has 1 aliphatic rings. The van der Waals surface area contributed by atoms with E-state index in [0.29, 0.717) is 33.1 Å². The van der Waals surface area contributed by atoms with Crippen LogP contribution < -0.4 is 5.01 Å². The predicted molar refractivity (Wildman–Crippen MR) is 117 cm³/mol. The van der Waals surface area contributed by atoms with Crippen LogP contribution in [0.4, 0.5) is 5.69 Å². The van der Waals surface area contributed by atoms with Crippen LogP contribution in [-0.2, 0) is 4.79 Å². The molecule has 3 aromatic rings. The molecule has 0 atom stereocenters. The first kappa shape index (κ1) is 19.2. The van der Waals surface area contributed by atoms with E-state index in [1.807, 2.05) is 0 Å². The number of aromatic hydroxyl groups is 2. The third kappa shape index (κ3) is 3.90. The molecule has 0 saturated carbocycles. The highest BCUT2D eigenvalue weighted by Gasteiger charge is 2.32. The third-order valence-electron chi connectivity index (χ3n) is 4.38. The average molecular weight is 470 g/mol. The van der Waals surface area contributed by atoms with E-state index >= 15 is 0 Å². The third-order valence-corrected chi connectivity index (χ3v) is 5.12. The van der Waals surface area contributed by atoms with Gasteiger partial charge in [-0.2, -0.15) is 10.1 Å². The average Bonchev–Trinajstić information content (AvgIpc) is 3.02. The minimum Gasteiger partial charge on any atom is -0.508 e. The van der Waals surface area contributed by atoms with E-state index in [2.05, 4.69) is 21.0 Å². The zero-order chi connectivity index (χ0) is 20.5. The molecule has 0 aliphatic carbocycles. The number of anilines is 1. The number of rotatable bonds is 3. The molecule has 0 unspecified atom stereocenters. The predicted octanol–water partition coefficient (Wildman–Crippen LogP) is 5.35. The highest BCUT2D eigenvalue weighted by molar-refractivity contribution is 9.10. The molecule has 3 aromatic carbocycles. The van der Waals surface area contributed by atoms with Crippen LogP contribution in [0.5, 0.6) is 11.5 Å². The summed E-state index contributed by atoms with van der Waals surface area (Å²) in [5.74, 6) is -0.179. The van der Waals surface area contributed by atoms with Gasteiger partial charge in [0.15, 0.2) is 0 Å². The number of carbonyl (C=O) groups is 1. The molecule has 5 nitrogen and oxygen atoms in total. The Hall–Kier alpha value is -3.09. The SMILES string of the molecule is O=C1/C(=C/c2cc(Br)ccc2O)C(c2ccc(O)cc2)=NN1c1ccc(Cl)cc1. The van der Waals surface area contributed by atoms with Crippen LogP contribution in [-0.4, -0.2) is 21.8 Å². The van der Waals surface area contributed by atoms with E-state index < -0.39 is 0 Å². The van der Waals surface area contributed by atoms with Gasteiger partial charge >= 0.3 is 0 Å². The number of halogens is 2. The second-order valence-corrected chi connectivity index (χ2v) is 7.70. The van der Waals surface area contributed by atoms with Crippen molar-refractivity contribution in [2.45, 2.75) is 0 Å². The minimum atomic E-state index is -0.338. The Bertz CT molecular complexity index is 1160. The molecule has 2 N–H and O–H groups in total. The number of carbonyl (C=O) groups excluding carboxylic acids is 1. The van der Waals surface area contributed by atoms with Crippen molar-refractivity contribution in [3.63, 3.8) is 0 Å². The lowest BCUT2D eigenvalue weighted by atomic mass is 10.00. The Morgan fingerprint density at radius 2 is 1.66 bits per heavy atom. The van der Waals surface area contributed by atoms with Gasteiger partial charge in [0.05, 0.1) is 11.3 Å². The fraction of sp³-hybridized carbons (Fsp3) is 0. The van der Waals surface area contributed by atoms with E-state index in [1.165, 1.54) is 17.1 Å². The Kier molecular flexibility index (Phi) is 5.13. The molecule has 0 fully saturated rings. The van der Waals surface area contributed by atoms with E-state index in [1.54, 1.807) is 60.7 Å². The summed E-state index contributed by atoms with van der Waals surface area (Å²) in [5.41, 5.74) is 2.46. The molecule has 144 valence electrons. The molecule has 4 rings (SSSR count). The largest absolute Gasteiger partial charge is 0.508 e. The molecular weight excluding hydrogens is 456 g/mol. The second-order valence-electron chi connectivity index (χ2n) is 6.35. The summed E-state index contributed by atoms with van der Waals surface area (Å²) in [5, 5.41) is 26.2. The molecule has 29 heavy (non-hydrogen) atoms.